The zero-order valence-corrected chi connectivity index (χ0v) is 22.7. The molecule has 10 nitrogen and oxygen atoms in total. The van der Waals surface area contributed by atoms with Crippen molar-refractivity contribution in [3.8, 4) is 11.3 Å². The molecule has 1 fully saturated rings. The number of halogens is 4. The smallest absolute Gasteiger partial charge is 0.389 e. The van der Waals surface area contributed by atoms with Crippen LogP contribution in [0.5, 0.6) is 0 Å². The minimum Gasteiger partial charge on any atom is -0.389 e. The van der Waals surface area contributed by atoms with Crippen LogP contribution in [0.2, 0.25) is 5.15 Å². The van der Waals surface area contributed by atoms with Gasteiger partial charge in [-0.05, 0) is 50.7 Å². The molecule has 0 unspecified atom stereocenters. The third kappa shape index (κ3) is 6.81. The monoisotopic (exact) mass is 589 g/mol. The number of imidazole rings is 1. The number of aliphatic hydroxyl groups is 1. The van der Waals surface area contributed by atoms with Crippen LogP contribution in [-0.4, -0.2) is 68.3 Å². The highest BCUT2D eigenvalue weighted by Crippen LogP contribution is 2.36. The Labute approximate surface area is 238 Å². The number of hydrogen-bond donors (Lipinski definition) is 3. The fourth-order valence-corrected chi connectivity index (χ4v) is 4.85. The molecule has 0 spiro atoms. The number of nitrogens with zero attached hydrogens (tertiary/aromatic N) is 5. The number of anilines is 2. The number of nitrogens with two attached hydrogens (primary N) is 1. The van der Waals surface area contributed by atoms with Crippen LogP contribution in [0.4, 0.5) is 24.8 Å². The Hall–Kier alpha value is -4.07. The maximum absolute atomic E-state index is 13.0. The molecule has 4 aromatic rings. The van der Waals surface area contributed by atoms with E-state index < -0.39 is 17.6 Å². The lowest BCUT2D eigenvalue weighted by atomic mass is 9.98. The van der Waals surface area contributed by atoms with Gasteiger partial charge in [0.25, 0.3) is 5.91 Å². The highest BCUT2D eigenvalue weighted by molar-refractivity contribution is 6.30. The van der Waals surface area contributed by atoms with Gasteiger partial charge in [-0.2, -0.15) is 13.2 Å². The van der Waals surface area contributed by atoms with E-state index in [2.05, 4.69) is 27.2 Å². The normalized spacial score (nSPS) is 15.7. The van der Waals surface area contributed by atoms with Gasteiger partial charge in [0.05, 0.1) is 18.4 Å². The number of alkyl halides is 3. The van der Waals surface area contributed by atoms with Gasteiger partial charge in [0.1, 0.15) is 40.1 Å². The quantitative estimate of drug-likeness (QED) is 0.293. The second kappa shape index (κ2) is 12.6. The summed E-state index contributed by atoms with van der Waals surface area (Å²) in [6, 6.07) is 8.15. The minimum atomic E-state index is -4.54. The Bertz CT molecular complexity index is 1540. The van der Waals surface area contributed by atoms with Crippen LogP contribution in [0.25, 0.3) is 16.8 Å². The number of nitrogens with one attached hydrogen (secondary N) is 1. The van der Waals surface area contributed by atoms with Gasteiger partial charge >= 0.3 is 6.18 Å². The van der Waals surface area contributed by atoms with Crippen molar-refractivity contribution in [1.82, 2.24) is 24.3 Å². The molecule has 1 aliphatic rings. The van der Waals surface area contributed by atoms with Crippen LogP contribution in [0.1, 0.15) is 40.5 Å². The number of aldehydes is 1. The molecule has 4 heterocycles. The number of aromatic nitrogens is 4. The summed E-state index contributed by atoms with van der Waals surface area (Å²) in [6.45, 7) is 1.49. The number of pyridine rings is 1. The van der Waals surface area contributed by atoms with E-state index in [0.29, 0.717) is 28.2 Å². The molecule has 0 bridgehead atoms. The number of rotatable bonds is 5. The van der Waals surface area contributed by atoms with Crippen molar-refractivity contribution in [2.45, 2.75) is 24.9 Å². The Morgan fingerprint density at radius 2 is 1.95 bits per heavy atom. The Balaban J connectivity index is 0.000000909. The summed E-state index contributed by atoms with van der Waals surface area (Å²) < 4.78 is 40.7. The average molecular weight is 590 g/mol. The number of benzene rings is 1. The van der Waals surface area contributed by atoms with Crippen LogP contribution in [0, 0.1) is 0 Å². The average Bonchev–Trinajstić information content (AvgIpc) is 3.37. The Morgan fingerprint density at radius 3 is 2.59 bits per heavy atom. The van der Waals surface area contributed by atoms with E-state index in [9.17, 15) is 18.0 Å². The van der Waals surface area contributed by atoms with Gasteiger partial charge in [0.2, 0.25) is 0 Å². The highest BCUT2D eigenvalue weighted by atomic mass is 35.5. The molecule has 4 N–H and O–H groups in total. The van der Waals surface area contributed by atoms with E-state index in [1.54, 1.807) is 24.3 Å². The number of nitrogen functional groups attached to an aromatic ring is 1. The molecule has 1 aliphatic heterocycles. The molecule has 1 saturated heterocycles. The molecule has 1 atom stereocenters. The largest absolute Gasteiger partial charge is 0.416 e. The Kier molecular flexibility index (Phi) is 9.21. The number of aliphatic hydroxyl groups excluding tert-OH is 1. The second-order valence-corrected chi connectivity index (χ2v) is 9.77. The van der Waals surface area contributed by atoms with E-state index in [4.69, 9.17) is 32.2 Å². The lowest BCUT2D eigenvalue weighted by Crippen LogP contribution is -2.31. The number of carbonyl (C=O) groups is 2. The number of fused-ring (bicyclic) bond motifs is 1. The first-order valence-corrected chi connectivity index (χ1v) is 12.9. The topological polar surface area (TPSA) is 139 Å². The lowest BCUT2D eigenvalue weighted by Gasteiger charge is -2.29. The number of likely N-dealkylation sites (N-methyl/N-ethyl adjacent to an activating group) is 1. The molecular weight excluding hydrogens is 563 g/mol. The van der Waals surface area contributed by atoms with E-state index in [0.717, 1.165) is 50.1 Å². The maximum atomic E-state index is 13.0. The molecule has 1 aromatic carbocycles. The van der Waals surface area contributed by atoms with Crippen LogP contribution >= 0.6 is 11.6 Å². The van der Waals surface area contributed by atoms with Crippen molar-refractivity contribution < 1.29 is 27.9 Å². The predicted octanol–water partition coefficient (Wildman–Crippen LogP) is 4.28. The molecule has 5 rings (SSSR count). The number of piperidine rings is 1. The second-order valence-electron chi connectivity index (χ2n) is 9.38. The zero-order valence-electron chi connectivity index (χ0n) is 21.9. The van der Waals surface area contributed by atoms with Crippen molar-refractivity contribution in [2.75, 3.05) is 37.8 Å². The van der Waals surface area contributed by atoms with Gasteiger partial charge in [0, 0.05) is 29.8 Å². The molecule has 0 aliphatic carbocycles. The van der Waals surface area contributed by atoms with Gasteiger partial charge in [-0.1, -0.05) is 23.7 Å². The Morgan fingerprint density at radius 1 is 1.24 bits per heavy atom. The van der Waals surface area contributed by atoms with Crippen molar-refractivity contribution >= 4 is 40.9 Å². The molecule has 3 aromatic heterocycles. The third-order valence-corrected chi connectivity index (χ3v) is 6.75. The van der Waals surface area contributed by atoms with Crippen molar-refractivity contribution in [3.63, 3.8) is 0 Å². The van der Waals surface area contributed by atoms with Gasteiger partial charge < -0.3 is 25.9 Å². The lowest BCUT2D eigenvalue weighted by molar-refractivity contribution is -0.137. The summed E-state index contributed by atoms with van der Waals surface area (Å²) in [6.07, 6.45) is 0.387. The molecule has 1 amide bonds. The molecular formula is C27H27ClF3N7O3. The first kappa shape index (κ1) is 29.9. The predicted molar refractivity (Wildman–Crippen MR) is 148 cm³/mol. The minimum absolute atomic E-state index is 0.157. The molecule has 0 radical (unpaired) electrons. The number of hydrogen-bond acceptors (Lipinski definition) is 8. The number of likely N-dealkylation sites (tertiary alicyclic amines) is 1. The van der Waals surface area contributed by atoms with E-state index in [1.807, 2.05) is 4.40 Å². The molecule has 0 saturated carbocycles. The summed E-state index contributed by atoms with van der Waals surface area (Å²) in [4.78, 5) is 36.8. The first-order chi connectivity index (χ1) is 19.5. The fourth-order valence-electron chi connectivity index (χ4n) is 4.63. The number of carbonyl (C=O) groups excluding carboxylic acids is 2. The van der Waals surface area contributed by atoms with Crippen LogP contribution < -0.4 is 11.1 Å². The maximum Gasteiger partial charge on any atom is 0.416 e. The van der Waals surface area contributed by atoms with Crippen LogP contribution in [0.15, 0.2) is 48.8 Å². The summed E-state index contributed by atoms with van der Waals surface area (Å²) in [7, 11) is 2.07. The zero-order chi connectivity index (χ0) is 29.7. The van der Waals surface area contributed by atoms with E-state index in [1.165, 1.54) is 6.20 Å². The summed E-state index contributed by atoms with van der Waals surface area (Å²) >= 11 is 6.54. The molecule has 41 heavy (non-hydrogen) atoms. The van der Waals surface area contributed by atoms with Crippen LogP contribution in [0.3, 0.4) is 0 Å². The first-order valence-electron chi connectivity index (χ1n) is 12.5. The molecule has 216 valence electrons. The van der Waals surface area contributed by atoms with E-state index in [-0.39, 0.29) is 29.7 Å². The van der Waals surface area contributed by atoms with E-state index >= 15 is 0 Å². The number of amides is 1. The third-order valence-electron chi connectivity index (χ3n) is 6.48. The van der Waals surface area contributed by atoms with Crippen LogP contribution in [-0.2, 0) is 11.0 Å². The van der Waals surface area contributed by atoms with Crippen molar-refractivity contribution in [2.24, 2.45) is 0 Å². The summed E-state index contributed by atoms with van der Waals surface area (Å²) in [5.41, 5.74) is 7.45. The van der Waals surface area contributed by atoms with Gasteiger partial charge in [0.15, 0.2) is 0 Å². The highest BCUT2D eigenvalue weighted by Gasteiger charge is 2.31. The van der Waals surface area contributed by atoms with Gasteiger partial charge in [-0.25, -0.2) is 15.0 Å². The standard InChI is InChI=1S/C25H23ClF3N7O.C2H4O2/c1-35-10-2-3-16(13-35)23-34-20(21-22(30)32-12-18(26)36(21)23)14-4-6-15(7-5-14)24(37)33-19-11-17(8-9-31-19)25(27,28)29;3-1-2-4/h4-9,11-12,16H,2-3,10,13H2,1H3,(H2,30,32)(H,31,33,37);1,4H,2H2/t16-;/m1./s1. The summed E-state index contributed by atoms with van der Waals surface area (Å²) in [5.74, 6) is 0.444. The molecule has 14 heteroatoms. The van der Waals surface area contributed by atoms with Crippen molar-refractivity contribution in [3.05, 3.63) is 70.9 Å². The van der Waals surface area contributed by atoms with Gasteiger partial charge in [-0.3, -0.25) is 9.20 Å². The SMILES string of the molecule is CN1CCC[C@@H](c2nc(-c3ccc(C(=O)Nc4cc(C(F)(F)F)ccn4)cc3)c3c(N)ncc(Cl)n23)C1.O=CCO. The van der Waals surface area contributed by atoms with Gasteiger partial charge in [-0.15, -0.1) is 0 Å². The fraction of sp³-hybridized carbons (Fsp3) is 0.296. The summed E-state index contributed by atoms with van der Waals surface area (Å²) in [5, 5.41) is 10.3. The van der Waals surface area contributed by atoms with Crippen molar-refractivity contribution in [1.29, 1.82) is 0 Å².